The Labute approximate surface area is 108 Å². The molecular formula is C12H15BrFNO2. The molecule has 0 fully saturated rings. The van der Waals surface area contributed by atoms with Gasteiger partial charge in [-0.1, -0.05) is 6.07 Å². The maximum atomic E-state index is 13.2. The van der Waals surface area contributed by atoms with Gasteiger partial charge in [-0.15, -0.1) is 0 Å². The number of halogens is 2. The predicted octanol–water partition coefficient (Wildman–Crippen LogP) is 2.48. The van der Waals surface area contributed by atoms with E-state index in [1.807, 2.05) is 6.92 Å². The van der Waals surface area contributed by atoms with Crippen LogP contribution in [0.5, 0.6) is 0 Å². The van der Waals surface area contributed by atoms with Gasteiger partial charge in [-0.3, -0.25) is 4.79 Å². The number of hydrogen-bond donors (Lipinski definition) is 2. The lowest BCUT2D eigenvalue weighted by Gasteiger charge is -2.14. The highest BCUT2D eigenvalue weighted by Crippen LogP contribution is 2.20. The molecule has 1 aromatic rings. The Hall–Kier alpha value is -0.940. The first-order chi connectivity index (χ1) is 8.06. The fourth-order valence-corrected chi connectivity index (χ4v) is 1.89. The lowest BCUT2D eigenvalue weighted by molar-refractivity contribution is 0.0935. The molecule has 0 aliphatic rings. The van der Waals surface area contributed by atoms with E-state index in [0.717, 1.165) is 0 Å². The number of aliphatic hydroxyl groups excluding tert-OH is 1. The minimum atomic E-state index is -0.458. The Balaban J connectivity index is 2.67. The van der Waals surface area contributed by atoms with E-state index in [0.29, 0.717) is 12.8 Å². The zero-order valence-corrected chi connectivity index (χ0v) is 11.1. The van der Waals surface area contributed by atoms with Crippen LogP contribution >= 0.6 is 15.9 Å². The van der Waals surface area contributed by atoms with Gasteiger partial charge in [0.25, 0.3) is 5.91 Å². The lowest BCUT2D eigenvalue weighted by Crippen LogP contribution is -2.33. The van der Waals surface area contributed by atoms with Crippen LogP contribution in [0.4, 0.5) is 4.39 Å². The summed E-state index contributed by atoms with van der Waals surface area (Å²) in [7, 11) is 0. The van der Waals surface area contributed by atoms with Gasteiger partial charge in [0.05, 0.1) is 10.0 Å². The van der Waals surface area contributed by atoms with Crippen molar-refractivity contribution in [1.29, 1.82) is 0 Å². The highest BCUT2D eigenvalue weighted by molar-refractivity contribution is 9.10. The Kier molecular flexibility index (Phi) is 5.58. The van der Waals surface area contributed by atoms with Gasteiger partial charge < -0.3 is 10.4 Å². The standard InChI is InChI=1S/C12H15BrFNO2/c1-8(4-3-7-16)15-12(17)9-5-2-6-10(14)11(9)13/h2,5-6,8,16H,3-4,7H2,1H3,(H,15,17). The Morgan fingerprint density at radius 2 is 2.29 bits per heavy atom. The molecule has 0 radical (unpaired) electrons. The van der Waals surface area contributed by atoms with Gasteiger partial charge in [0, 0.05) is 12.6 Å². The molecule has 0 aromatic heterocycles. The molecule has 94 valence electrons. The van der Waals surface area contributed by atoms with Gasteiger partial charge in [-0.2, -0.15) is 0 Å². The smallest absolute Gasteiger partial charge is 0.252 e. The van der Waals surface area contributed by atoms with Crippen molar-refractivity contribution in [1.82, 2.24) is 5.32 Å². The van der Waals surface area contributed by atoms with Crippen molar-refractivity contribution >= 4 is 21.8 Å². The van der Waals surface area contributed by atoms with Gasteiger partial charge in [-0.05, 0) is 47.8 Å². The van der Waals surface area contributed by atoms with E-state index in [9.17, 15) is 9.18 Å². The van der Waals surface area contributed by atoms with E-state index in [1.165, 1.54) is 12.1 Å². The summed E-state index contributed by atoms with van der Waals surface area (Å²) in [4.78, 5) is 11.8. The number of benzene rings is 1. The first-order valence-electron chi connectivity index (χ1n) is 5.42. The summed E-state index contributed by atoms with van der Waals surface area (Å²) >= 11 is 3.05. The zero-order valence-electron chi connectivity index (χ0n) is 9.54. The summed E-state index contributed by atoms with van der Waals surface area (Å²) in [5.74, 6) is -0.775. The van der Waals surface area contributed by atoms with E-state index in [4.69, 9.17) is 5.11 Å². The first-order valence-corrected chi connectivity index (χ1v) is 6.21. The maximum Gasteiger partial charge on any atom is 0.252 e. The molecule has 0 bridgehead atoms. The second-order valence-corrected chi connectivity index (χ2v) is 4.63. The minimum absolute atomic E-state index is 0.0511. The summed E-state index contributed by atoms with van der Waals surface area (Å²) in [6.07, 6.45) is 1.32. The molecule has 2 N–H and O–H groups in total. The molecule has 1 rings (SSSR count). The van der Waals surface area contributed by atoms with Gasteiger partial charge in [0.2, 0.25) is 0 Å². The van der Waals surface area contributed by atoms with Crippen LogP contribution in [0, 0.1) is 5.82 Å². The number of carbonyl (C=O) groups excluding carboxylic acids is 1. The number of aliphatic hydroxyl groups is 1. The summed E-state index contributed by atoms with van der Waals surface area (Å²) in [5.41, 5.74) is 0.279. The van der Waals surface area contributed by atoms with Crippen LogP contribution in [-0.2, 0) is 0 Å². The maximum absolute atomic E-state index is 13.2. The summed E-state index contributed by atoms with van der Waals surface area (Å²) < 4.78 is 13.4. The van der Waals surface area contributed by atoms with E-state index in [2.05, 4.69) is 21.2 Å². The highest BCUT2D eigenvalue weighted by atomic mass is 79.9. The van der Waals surface area contributed by atoms with E-state index in [-0.39, 0.29) is 28.6 Å². The SMILES string of the molecule is CC(CCCO)NC(=O)c1cccc(F)c1Br. The Bertz CT molecular complexity index is 398. The second-order valence-electron chi connectivity index (χ2n) is 3.84. The quantitative estimate of drug-likeness (QED) is 0.878. The minimum Gasteiger partial charge on any atom is -0.396 e. The van der Waals surface area contributed by atoms with Crippen molar-refractivity contribution in [3.05, 3.63) is 34.1 Å². The molecule has 0 saturated heterocycles. The van der Waals surface area contributed by atoms with Crippen molar-refractivity contribution in [3.63, 3.8) is 0 Å². The number of amides is 1. The molecule has 5 heteroatoms. The van der Waals surface area contributed by atoms with E-state index in [1.54, 1.807) is 6.07 Å². The molecule has 1 amide bonds. The van der Waals surface area contributed by atoms with Crippen molar-refractivity contribution in [3.8, 4) is 0 Å². The molecule has 0 spiro atoms. The summed E-state index contributed by atoms with van der Waals surface area (Å²) in [6, 6.07) is 4.29. The Morgan fingerprint density at radius 3 is 2.94 bits per heavy atom. The normalized spacial score (nSPS) is 12.2. The van der Waals surface area contributed by atoms with Crippen molar-refractivity contribution in [2.45, 2.75) is 25.8 Å². The van der Waals surface area contributed by atoms with Crippen molar-refractivity contribution in [2.75, 3.05) is 6.61 Å². The molecule has 1 unspecified atom stereocenters. The third-order valence-corrected chi connectivity index (χ3v) is 3.17. The van der Waals surface area contributed by atoms with Crippen LogP contribution in [0.25, 0.3) is 0 Å². The van der Waals surface area contributed by atoms with Crippen LogP contribution < -0.4 is 5.32 Å². The van der Waals surface area contributed by atoms with Crippen LogP contribution in [0.3, 0.4) is 0 Å². The molecule has 3 nitrogen and oxygen atoms in total. The predicted molar refractivity (Wildman–Crippen MR) is 67.3 cm³/mol. The average molecular weight is 304 g/mol. The van der Waals surface area contributed by atoms with E-state index < -0.39 is 5.82 Å². The van der Waals surface area contributed by atoms with Gasteiger partial charge in [-0.25, -0.2) is 4.39 Å². The average Bonchev–Trinajstić information content (AvgIpc) is 2.29. The fraction of sp³-hybridized carbons (Fsp3) is 0.417. The molecule has 0 heterocycles. The third kappa shape index (κ3) is 4.09. The molecule has 0 aliphatic carbocycles. The van der Waals surface area contributed by atoms with E-state index >= 15 is 0 Å². The van der Waals surface area contributed by atoms with Crippen LogP contribution in [0.15, 0.2) is 22.7 Å². The molecule has 1 aromatic carbocycles. The topological polar surface area (TPSA) is 49.3 Å². The Morgan fingerprint density at radius 1 is 1.59 bits per heavy atom. The lowest BCUT2D eigenvalue weighted by atomic mass is 10.1. The highest BCUT2D eigenvalue weighted by Gasteiger charge is 2.14. The van der Waals surface area contributed by atoms with Crippen LogP contribution in [0.2, 0.25) is 0 Å². The number of carbonyl (C=O) groups is 1. The molecule has 0 saturated carbocycles. The third-order valence-electron chi connectivity index (χ3n) is 2.37. The number of rotatable bonds is 5. The van der Waals surface area contributed by atoms with Gasteiger partial charge >= 0.3 is 0 Å². The first kappa shape index (κ1) is 14.1. The number of hydrogen-bond acceptors (Lipinski definition) is 2. The van der Waals surface area contributed by atoms with Crippen molar-refractivity contribution in [2.24, 2.45) is 0 Å². The molecule has 17 heavy (non-hydrogen) atoms. The molecule has 0 aliphatic heterocycles. The summed E-state index contributed by atoms with van der Waals surface area (Å²) in [6.45, 7) is 1.95. The van der Waals surface area contributed by atoms with Gasteiger partial charge in [0.15, 0.2) is 0 Å². The fourth-order valence-electron chi connectivity index (χ4n) is 1.45. The number of nitrogens with one attached hydrogen (secondary N) is 1. The van der Waals surface area contributed by atoms with Crippen LogP contribution in [0.1, 0.15) is 30.1 Å². The van der Waals surface area contributed by atoms with Crippen LogP contribution in [-0.4, -0.2) is 23.7 Å². The van der Waals surface area contributed by atoms with Crippen molar-refractivity contribution < 1.29 is 14.3 Å². The molecule has 1 atom stereocenters. The summed E-state index contributed by atoms with van der Waals surface area (Å²) in [5, 5.41) is 11.4. The van der Waals surface area contributed by atoms with Gasteiger partial charge in [0.1, 0.15) is 5.82 Å². The largest absolute Gasteiger partial charge is 0.396 e. The molecular weight excluding hydrogens is 289 g/mol. The monoisotopic (exact) mass is 303 g/mol. The zero-order chi connectivity index (χ0) is 12.8. The second kappa shape index (κ2) is 6.71.